The summed E-state index contributed by atoms with van der Waals surface area (Å²) in [6.45, 7) is 0. The molecular formula is I4Te. The monoisotopic (exact) mass is 638 g/mol. The van der Waals surface area contributed by atoms with Crippen LogP contribution in [0, 0.1) is 0 Å². The minimum absolute atomic E-state index is 1.14. The molecule has 0 atom stereocenters. The Morgan fingerprint density at radius 3 is 0.800 bits per heavy atom. The molecule has 0 N–H and O–H groups in total. The Hall–Kier alpha value is 3.71. The van der Waals surface area contributed by atoms with Gasteiger partial charge in [-0.1, -0.05) is 0 Å². The molecule has 0 saturated heterocycles. The van der Waals surface area contributed by atoms with Crippen molar-refractivity contribution in [2.75, 3.05) is 0 Å². The molecule has 0 heterocycles. The molecule has 0 fully saturated rings. The van der Waals surface area contributed by atoms with Gasteiger partial charge in [0.15, 0.2) is 0 Å². The first-order valence-electron chi connectivity index (χ1n) is 0.617. The summed E-state index contributed by atoms with van der Waals surface area (Å²) in [5, 5.41) is 0. The van der Waals surface area contributed by atoms with Gasteiger partial charge in [0.1, 0.15) is 0 Å². The van der Waals surface area contributed by atoms with E-state index in [1.165, 1.54) is 0 Å². The first-order chi connectivity index (χ1) is 2.00. The Kier molecular flexibility index (Phi) is 6.41. The SMILES string of the molecule is I[Te](I)(I)I. The second kappa shape index (κ2) is 3.68. The van der Waals surface area contributed by atoms with Crippen molar-refractivity contribution in [1.82, 2.24) is 0 Å². The van der Waals surface area contributed by atoms with Gasteiger partial charge in [0.2, 0.25) is 0 Å². The summed E-state index contributed by atoms with van der Waals surface area (Å²) in [6.07, 6.45) is 0. The summed E-state index contributed by atoms with van der Waals surface area (Å²) in [4.78, 5) is 0. The number of hydrogen-bond acceptors (Lipinski definition) is 0. The van der Waals surface area contributed by atoms with E-state index >= 15 is 0 Å². The van der Waals surface area contributed by atoms with Gasteiger partial charge in [-0.25, -0.2) is 0 Å². The van der Waals surface area contributed by atoms with Gasteiger partial charge < -0.3 is 0 Å². The van der Waals surface area contributed by atoms with E-state index in [2.05, 4.69) is 74.8 Å². The van der Waals surface area contributed by atoms with Crippen molar-refractivity contribution < 1.29 is 0 Å². The van der Waals surface area contributed by atoms with Crippen LogP contribution in [0.15, 0.2) is 0 Å². The summed E-state index contributed by atoms with van der Waals surface area (Å²) < 4.78 is -1.14. The quantitative estimate of drug-likeness (QED) is 0.284. The van der Waals surface area contributed by atoms with Crippen LogP contribution in [-0.2, 0) is 0 Å². The van der Waals surface area contributed by atoms with E-state index < -0.39 is 2.40 Å². The van der Waals surface area contributed by atoms with Crippen molar-refractivity contribution in [3.63, 3.8) is 0 Å². The van der Waals surface area contributed by atoms with Crippen LogP contribution in [-0.4, -0.2) is 2.40 Å². The van der Waals surface area contributed by atoms with Crippen LogP contribution >= 0.6 is 74.8 Å². The summed E-state index contributed by atoms with van der Waals surface area (Å²) in [5.74, 6) is 0. The molecule has 0 aromatic rings. The van der Waals surface area contributed by atoms with Gasteiger partial charge in [0.05, 0.1) is 0 Å². The Labute approximate surface area is 74.4 Å². The zero-order valence-electron chi connectivity index (χ0n) is 1.92. The predicted molar refractivity (Wildman–Crippen MR) is 61.8 cm³/mol. The van der Waals surface area contributed by atoms with Gasteiger partial charge in [-0.05, 0) is 0 Å². The molecule has 0 aromatic carbocycles. The molecule has 0 aliphatic rings. The molecular weight excluding hydrogens is 635 g/mol. The van der Waals surface area contributed by atoms with Crippen molar-refractivity contribution in [1.29, 1.82) is 0 Å². The molecule has 0 rings (SSSR count). The fraction of sp³-hybridized carbons (Fsp3) is 0. The predicted octanol–water partition coefficient (Wildman–Crippen LogP) is 3.16. The molecule has 0 saturated carbocycles. The summed E-state index contributed by atoms with van der Waals surface area (Å²) in [6, 6.07) is 0. The van der Waals surface area contributed by atoms with Gasteiger partial charge in [0, 0.05) is 0 Å². The second-order valence-electron chi connectivity index (χ2n) is 0.350. The number of halogens is 4. The standard InChI is InChI=1S/I4Te/c1-5(2,3)4. The Bertz CT molecular complexity index is 19.1. The van der Waals surface area contributed by atoms with Crippen molar-refractivity contribution >= 4 is 77.2 Å². The van der Waals surface area contributed by atoms with Crippen LogP contribution in [0.4, 0.5) is 0 Å². The van der Waals surface area contributed by atoms with Gasteiger partial charge in [-0.3, -0.25) is 0 Å². The van der Waals surface area contributed by atoms with Gasteiger partial charge in [0.25, 0.3) is 0 Å². The van der Waals surface area contributed by atoms with Gasteiger partial charge >= 0.3 is 77.2 Å². The summed E-state index contributed by atoms with van der Waals surface area (Å²) in [5.41, 5.74) is 0. The van der Waals surface area contributed by atoms with Gasteiger partial charge in [-0.15, -0.1) is 0 Å². The molecule has 0 aromatic heterocycles. The van der Waals surface area contributed by atoms with E-state index in [9.17, 15) is 0 Å². The van der Waals surface area contributed by atoms with Crippen LogP contribution < -0.4 is 0 Å². The van der Waals surface area contributed by atoms with E-state index in [4.69, 9.17) is 0 Å². The number of rotatable bonds is 0. The average molecular weight is 635 g/mol. The van der Waals surface area contributed by atoms with Crippen LogP contribution in [0.5, 0.6) is 0 Å². The first-order valence-corrected chi connectivity index (χ1v) is 27.8. The fourth-order valence-corrected chi connectivity index (χ4v) is 0. The molecule has 0 aliphatic heterocycles. The normalized spacial score (nSPS) is 15.2. The molecule has 5 heavy (non-hydrogen) atoms. The van der Waals surface area contributed by atoms with Crippen molar-refractivity contribution in [3.05, 3.63) is 0 Å². The van der Waals surface area contributed by atoms with Crippen LogP contribution in [0.3, 0.4) is 0 Å². The third-order valence-corrected chi connectivity index (χ3v) is 0. The fourth-order valence-electron chi connectivity index (χ4n) is 0. The third kappa shape index (κ3) is 18.3. The number of hydrogen-bond donors (Lipinski definition) is 0. The molecule has 0 nitrogen and oxygen atoms in total. The second-order valence-corrected chi connectivity index (χ2v) is 106. The zero-order chi connectivity index (χ0) is 4.50. The van der Waals surface area contributed by atoms with Crippen LogP contribution in [0.2, 0.25) is 0 Å². The molecule has 0 aliphatic carbocycles. The molecule has 34 valence electrons. The van der Waals surface area contributed by atoms with E-state index in [1.807, 2.05) is 0 Å². The summed E-state index contributed by atoms with van der Waals surface area (Å²) in [7, 11) is 0. The maximum atomic E-state index is 2.53. The van der Waals surface area contributed by atoms with Crippen molar-refractivity contribution in [2.45, 2.75) is 0 Å². The average Bonchev–Trinajstić information content (AvgIpc) is 0.722. The van der Waals surface area contributed by atoms with Crippen LogP contribution in [0.1, 0.15) is 0 Å². The maximum absolute atomic E-state index is 2.53. The van der Waals surface area contributed by atoms with Crippen molar-refractivity contribution in [2.24, 2.45) is 0 Å². The molecule has 0 bridgehead atoms. The minimum atomic E-state index is -1.14. The van der Waals surface area contributed by atoms with Gasteiger partial charge in [-0.2, -0.15) is 0 Å². The molecule has 5 heteroatoms. The van der Waals surface area contributed by atoms with E-state index in [0.29, 0.717) is 0 Å². The molecule has 0 amide bonds. The topological polar surface area (TPSA) is 0 Å². The Morgan fingerprint density at radius 1 is 0.800 bits per heavy atom. The van der Waals surface area contributed by atoms with Crippen LogP contribution in [0.25, 0.3) is 0 Å². The van der Waals surface area contributed by atoms with Crippen molar-refractivity contribution in [3.8, 4) is 0 Å². The molecule has 0 radical (unpaired) electrons. The zero-order valence-corrected chi connectivity index (χ0v) is 12.9. The molecule has 0 spiro atoms. The molecule has 0 unspecified atom stereocenters. The first kappa shape index (κ1) is 8.71. The van der Waals surface area contributed by atoms with E-state index in [1.54, 1.807) is 0 Å². The Balaban J connectivity index is 3.02. The van der Waals surface area contributed by atoms with E-state index in [-0.39, 0.29) is 0 Å². The summed E-state index contributed by atoms with van der Waals surface area (Å²) >= 11 is 10.1. The third-order valence-electron chi connectivity index (χ3n) is 0. The van der Waals surface area contributed by atoms with E-state index in [0.717, 1.165) is 0 Å². The Morgan fingerprint density at radius 2 is 0.800 bits per heavy atom.